The van der Waals surface area contributed by atoms with Crippen LogP contribution in [0.2, 0.25) is 0 Å². The fourth-order valence-corrected chi connectivity index (χ4v) is 7.42. The van der Waals surface area contributed by atoms with E-state index in [2.05, 4.69) is 155 Å². The van der Waals surface area contributed by atoms with Gasteiger partial charge in [-0.2, -0.15) is 0 Å². The first-order valence-corrected chi connectivity index (χ1v) is 16.9. The lowest BCUT2D eigenvalue weighted by atomic mass is 9.98. The summed E-state index contributed by atoms with van der Waals surface area (Å²) in [6.45, 7) is 0. The predicted octanol–water partition coefficient (Wildman–Crippen LogP) is 10.8. The molecule has 5 heteroatoms. The van der Waals surface area contributed by atoms with Crippen LogP contribution >= 0.6 is 0 Å². The van der Waals surface area contributed by atoms with Crippen molar-refractivity contribution in [3.8, 4) is 16.8 Å². The standard InChI is InChI=1S/C45H30N4O/c1-3-15-29(16-4-1)31-19-7-8-22-36(31)44-46-43(30-17-5-2-6-18-30)47-45(48-44)37-25-13-23-34-35-24-14-28-40(42(35)50-41(34)37)49-38-26-11-9-20-32(38)33-21-10-12-27-39(33)49/h1-28,45H,(H,46,47,48). The van der Waals surface area contributed by atoms with Gasteiger partial charge in [0.05, 0.1) is 16.7 Å². The Hall–Kier alpha value is -6.72. The number of hydrogen-bond acceptors (Lipinski definition) is 4. The molecule has 1 aliphatic rings. The Kier molecular flexibility index (Phi) is 6.49. The first-order valence-electron chi connectivity index (χ1n) is 16.9. The van der Waals surface area contributed by atoms with Crippen molar-refractivity contribution in [1.82, 2.24) is 9.88 Å². The van der Waals surface area contributed by atoms with Gasteiger partial charge >= 0.3 is 0 Å². The largest absolute Gasteiger partial charge is 0.453 e. The highest BCUT2D eigenvalue weighted by atomic mass is 16.3. The van der Waals surface area contributed by atoms with Crippen LogP contribution in [-0.2, 0) is 0 Å². The number of aromatic nitrogens is 1. The Morgan fingerprint density at radius 1 is 0.480 bits per heavy atom. The Morgan fingerprint density at radius 2 is 1.04 bits per heavy atom. The predicted molar refractivity (Wildman–Crippen MR) is 205 cm³/mol. The van der Waals surface area contributed by atoms with Crippen molar-refractivity contribution in [1.29, 1.82) is 0 Å². The lowest BCUT2D eigenvalue weighted by Crippen LogP contribution is -2.34. The third-order valence-corrected chi connectivity index (χ3v) is 9.69. The molecular weight excluding hydrogens is 613 g/mol. The molecule has 1 N–H and O–H groups in total. The van der Waals surface area contributed by atoms with Crippen molar-refractivity contribution in [3.63, 3.8) is 0 Å². The molecule has 0 spiro atoms. The second-order valence-corrected chi connectivity index (χ2v) is 12.6. The zero-order valence-electron chi connectivity index (χ0n) is 27.0. The van der Waals surface area contributed by atoms with Crippen LogP contribution < -0.4 is 5.32 Å². The van der Waals surface area contributed by atoms with Crippen LogP contribution in [0.3, 0.4) is 0 Å². The third kappa shape index (κ3) is 4.48. The van der Waals surface area contributed by atoms with Gasteiger partial charge in [0.15, 0.2) is 17.6 Å². The lowest BCUT2D eigenvalue weighted by molar-refractivity contribution is 0.627. The van der Waals surface area contributed by atoms with Crippen molar-refractivity contribution in [2.75, 3.05) is 0 Å². The monoisotopic (exact) mass is 642 g/mol. The van der Waals surface area contributed by atoms with Crippen LogP contribution in [-0.4, -0.2) is 16.2 Å². The molecule has 9 aromatic rings. The van der Waals surface area contributed by atoms with Gasteiger partial charge in [-0.05, 0) is 29.3 Å². The molecule has 0 bridgehead atoms. The van der Waals surface area contributed by atoms with E-state index < -0.39 is 6.17 Å². The number of furan rings is 1. The summed E-state index contributed by atoms with van der Waals surface area (Å²) >= 11 is 0. The fourth-order valence-electron chi connectivity index (χ4n) is 7.42. The van der Waals surface area contributed by atoms with Crippen LogP contribution in [0.4, 0.5) is 0 Å². The Labute approximate surface area is 288 Å². The molecule has 0 aliphatic carbocycles. The molecule has 5 nitrogen and oxygen atoms in total. The summed E-state index contributed by atoms with van der Waals surface area (Å²) in [5.74, 6) is 1.44. The Balaban J connectivity index is 1.17. The minimum Gasteiger partial charge on any atom is -0.453 e. The molecule has 1 unspecified atom stereocenters. The van der Waals surface area contributed by atoms with E-state index in [1.165, 1.54) is 10.8 Å². The van der Waals surface area contributed by atoms with Gasteiger partial charge in [-0.3, -0.25) is 0 Å². The molecule has 0 fully saturated rings. The van der Waals surface area contributed by atoms with E-state index in [-0.39, 0.29) is 0 Å². The van der Waals surface area contributed by atoms with E-state index in [0.717, 1.165) is 72.3 Å². The quantitative estimate of drug-likeness (QED) is 0.203. The molecular formula is C45H30N4O. The maximum atomic E-state index is 6.99. The first-order chi connectivity index (χ1) is 24.8. The Bertz CT molecular complexity index is 2740. The second-order valence-electron chi connectivity index (χ2n) is 12.6. The van der Waals surface area contributed by atoms with Gasteiger partial charge in [-0.15, -0.1) is 0 Å². The average molecular weight is 643 g/mol. The van der Waals surface area contributed by atoms with Gasteiger partial charge < -0.3 is 14.3 Å². The molecule has 50 heavy (non-hydrogen) atoms. The smallest absolute Gasteiger partial charge is 0.159 e. The van der Waals surface area contributed by atoms with Gasteiger partial charge in [-0.25, -0.2) is 9.98 Å². The summed E-state index contributed by atoms with van der Waals surface area (Å²) in [6, 6.07) is 59.0. The van der Waals surface area contributed by atoms with Crippen molar-refractivity contribution >= 4 is 55.4 Å². The fraction of sp³-hybridized carbons (Fsp3) is 0.0222. The van der Waals surface area contributed by atoms with Crippen LogP contribution in [0.15, 0.2) is 184 Å². The summed E-state index contributed by atoms with van der Waals surface area (Å²) in [5.41, 5.74) is 10.1. The van der Waals surface area contributed by atoms with E-state index in [1.54, 1.807) is 0 Å². The minimum absolute atomic E-state index is 0.442. The molecule has 2 aromatic heterocycles. The lowest BCUT2D eigenvalue weighted by Gasteiger charge is -2.25. The molecule has 0 saturated carbocycles. The first kappa shape index (κ1) is 28.3. The zero-order valence-corrected chi connectivity index (χ0v) is 27.0. The third-order valence-electron chi connectivity index (χ3n) is 9.69. The minimum atomic E-state index is -0.442. The zero-order chi connectivity index (χ0) is 33.0. The topological polar surface area (TPSA) is 54.8 Å². The number of hydrogen-bond donors (Lipinski definition) is 1. The number of rotatable bonds is 5. The number of benzene rings is 7. The summed E-state index contributed by atoms with van der Waals surface area (Å²) in [7, 11) is 0. The number of amidine groups is 2. The molecule has 0 saturated heterocycles. The number of para-hydroxylation sites is 4. The van der Waals surface area contributed by atoms with Gasteiger partial charge in [0, 0.05) is 38.2 Å². The maximum absolute atomic E-state index is 6.99. The maximum Gasteiger partial charge on any atom is 0.159 e. The summed E-state index contributed by atoms with van der Waals surface area (Å²) in [5, 5.41) is 8.26. The van der Waals surface area contributed by atoms with E-state index in [9.17, 15) is 0 Å². The molecule has 1 atom stereocenters. The van der Waals surface area contributed by atoms with E-state index in [4.69, 9.17) is 14.4 Å². The molecule has 0 amide bonds. The SMILES string of the molecule is c1ccc(C2=NC(c3cccc4c3oc3c(-n5c6ccccc6c6ccccc65)cccc34)NC(c3ccccc3-c3ccccc3)=N2)cc1. The highest BCUT2D eigenvalue weighted by Crippen LogP contribution is 2.40. The molecule has 0 radical (unpaired) electrons. The van der Waals surface area contributed by atoms with Crippen molar-refractivity contribution in [2.45, 2.75) is 6.17 Å². The van der Waals surface area contributed by atoms with Gasteiger partial charge in [-0.1, -0.05) is 152 Å². The van der Waals surface area contributed by atoms with E-state index in [0.29, 0.717) is 5.84 Å². The van der Waals surface area contributed by atoms with Crippen LogP contribution in [0.1, 0.15) is 22.9 Å². The summed E-state index contributed by atoms with van der Waals surface area (Å²) < 4.78 is 9.32. The molecule has 7 aromatic carbocycles. The summed E-state index contributed by atoms with van der Waals surface area (Å²) in [6.07, 6.45) is -0.442. The van der Waals surface area contributed by atoms with Crippen molar-refractivity contribution in [2.24, 2.45) is 9.98 Å². The Morgan fingerprint density at radius 3 is 1.76 bits per heavy atom. The average Bonchev–Trinajstić information content (AvgIpc) is 3.75. The highest BCUT2D eigenvalue weighted by Gasteiger charge is 2.26. The van der Waals surface area contributed by atoms with Gasteiger partial charge in [0.25, 0.3) is 0 Å². The van der Waals surface area contributed by atoms with Crippen molar-refractivity contribution in [3.05, 3.63) is 187 Å². The van der Waals surface area contributed by atoms with Gasteiger partial charge in [0.2, 0.25) is 0 Å². The van der Waals surface area contributed by atoms with E-state index in [1.807, 2.05) is 24.3 Å². The molecule has 3 heterocycles. The number of aliphatic imine (C=N–C) groups is 2. The number of fused-ring (bicyclic) bond motifs is 6. The number of nitrogens with zero attached hydrogens (tertiary/aromatic N) is 3. The van der Waals surface area contributed by atoms with Crippen LogP contribution in [0.5, 0.6) is 0 Å². The highest BCUT2D eigenvalue weighted by molar-refractivity contribution is 6.16. The van der Waals surface area contributed by atoms with Gasteiger partial charge in [0.1, 0.15) is 11.4 Å². The normalized spacial score (nSPS) is 14.6. The van der Waals surface area contributed by atoms with Crippen molar-refractivity contribution < 1.29 is 4.42 Å². The number of nitrogens with one attached hydrogen (secondary N) is 1. The molecule has 10 rings (SSSR count). The molecule has 1 aliphatic heterocycles. The second kappa shape index (κ2) is 11.5. The van der Waals surface area contributed by atoms with Crippen LogP contribution in [0.25, 0.3) is 60.6 Å². The van der Waals surface area contributed by atoms with Crippen LogP contribution in [0, 0.1) is 0 Å². The van der Waals surface area contributed by atoms with E-state index >= 15 is 0 Å². The summed E-state index contributed by atoms with van der Waals surface area (Å²) in [4.78, 5) is 10.4. The molecule has 236 valence electrons.